The van der Waals surface area contributed by atoms with E-state index < -0.39 is 57.8 Å². The third kappa shape index (κ3) is 3.36. The molecule has 1 saturated heterocycles. The molecule has 1 heterocycles. The van der Waals surface area contributed by atoms with E-state index in [4.69, 9.17) is 32.7 Å². The number of ether oxygens (including phenoxy) is 2. The molecule has 1 aliphatic heterocycles. The first-order valence-corrected chi connectivity index (χ1v) is 13.2. The highest BCUT2D eigenvalue weighted by atomic mass is 35.5. The number of nitrogens with zero attached hydrogens (tertiary/aromatic N) is 1. The van der Waals surface area contributed by atoms with Crippen molar-refractivity contribution in [3.63, 3.8) is 0 Å². The van der Waals surface area contributed by atoms with Gasteiger partial charge in [0.1, 0.15) is 21.5 Å². The highest BCUT2D eigenvalue weighted by Crippen LogP contribution is 2.69. The molecule has 2 bridgehead atoms. The number of methoxy groups -OCH3 is 1. The molecule has 9 heteroatoms. The minimum atomic E-state index is -1.34. The van der Waals surface area contributed by atoms with Gasteiger partial charge in [0.05, 0.1) is 18.9 Å². The van der Waals surface area contributed by atoms with Gasteiger partial charge >= 0.3 is 5.97 Å². The molecule has 1 fully saturated rings. The molecule has 4 aliphatic rings. The quantitative estimate of drug-likeness (QED) is 0.191. The summed E-state index contributed by atoms with van der Waals surface area (Å²) in [7, 11) is 1.51. The number of Topliss-reactive ketones (excluding diaryl/α,β-unsaturated/α-hetero) is 1. The highest BCUT2D eigenvalue weighted by Gasteiger charge is 2.73. The zero-order valence-electron chi connectivity index (χ0n) is 21.0. The Balaban J connectivity index is 1.30. The van der Waals surface area contributed by atoms with E-state index >= 15 is 0 Å². The second-order valence-electron chi connectivity index (χ2n) is 9.95. The summed E-state index contributed by atoms with van der Waals surface area (Å²) >= 11 is 14.8. The maximum absolute atomic E-state index is 13.9. The van der Waals surface area contributed by atoms with Crippen molar-refractivity contribution in [3.8, 4) is 5.75 Å². The molecular weight excluding hydrogens is 541 g/mol. The molecule has 7 rings (SSSR count). The lowest BCUT2D eigenvalue weighted by Gasteiger charge is -2.54. The summed E-state index contributed by atoms with van der Waals surface area (Å²) in [4.78, 5) is 51.7. The Kier molecular flexibility index (Phi) is 5.86. The average Bonchev–Trinajstić information content (AvgIpc) is 3.24. The molecule has 0 spiro atoms. The van der Waals surface area contributed by atoms with Crippen LogP contribution in [0.25, 0.3) is 0 Å². The average molecular weight is 564 g/mol. The van der Waals surface area contributed by atoms with Gasteiger partial charge in [-0.1, -0.05) is 48.5 Å². The number of carbonyl (C=O) groups excluding carboxylic acids is 4. The number of rotatable bonds is 6. The zero-order valence-corrected chi connectivity index (χ0v) is 22.5. The summed E-state index contributed by atoms with van der Waals surface area (Å²) < 4.78 is 10.3. The number of esters is 1. The van der Waals surface area contributed by atoms with Crippen molar-refractivity contribution >= 4 is 46.8 Å². The number of likely N-dealkylation sites (tertiary alicyclic amines) is 1. The lowest BCUT2D eigenvalue weighted by atomic mass is 9.54. The van der Waals surface area contributed by atoms with Gasteiger partial charge in [-0.2, -0.15) is 0 Å². The van der Waals surface area contributed by atoms with Crippen LogP contribution in [0.3, 0.4) is 0 Å². The van der Waals surface area contributed by atoms with E-state index in [1.807, 2.05) is 48.5 Å². The topological polar surface area (TPSA) is 90.0 Å². The Hall–Kier alpha value is -3.68. The van der Waals surface area contributed by atoms with Crippen LogP contribution in [0, 0.1) is 11.8 Å². The van der Waals surface area contributed by atoms with Crippen molar-refractivity contribution in [3.05, 3.63) is 101 Å². The van der Waals surface area contributed by atoms with Crippen LogP contribution in [0.15, 0.2) is 72.8 Å². The lowest BCUT2D eigenvalue weighted by Crippen LogP contribution is -2.57. The SMILES string of the molecule is COc1ccc(C(=O)COC(=O)[C@H](C)N2C(=O)[C@H]3[C@H](C2=O)C2(Cl)c4ccccc4C3(Cl)c3ccccc32)cc1. The fraction of sp³-hybridized carbons (Fsp3) is 0.267. The van der Waals surface area contributed by atoms with Gasteiger partial charge in [0.15, 0.2) is 12.4 Å². The van der Waals surface area contributed by atoms with E-state index in [2.05, 4.69) is 0 Å². The number of ketones is 1. The third-order valence-corrected chi connectivity index (χ3v) is 9.39. The molecule has 39 heavy (non-hydrogen) atoms. The van der Waals surface area contributed by atoms with Gasteiger partial charge in [-0.25, -0.2) is 4.79 Å². The van der Waals surface area contributed by atoms with Gasteiger partial charge in [-0.05, 0) is 53.4 Å². The van der Waals surface area contributed by atoms with E-state index in [0.717, 1.165) is 4.90 Å². The summed E-state index contributed by atoms with van der Waals surface area (Å²) in [6.45, 7) is 0.853. The third-order valence-electron chi connectivity index (χ3n) is 8.11. The van der Waals surface area contributed by atoms with Crippen molar-refractivity contribution in [1.29, 1.82) is 0 Å². The van der Waals surface area contributed by atoms with Crippen molar-refractivity contribution in [2.75, 3.05) is 13.7 Å². The smallest absolute Gasteiger partial charge is 0.329 e. The molecule has 0 unspecified atom stereocenters. The molecule has 3 aliphatic carbocycles. The molecule has 198 valence electrons. The largest absolute Gasteiger partial charge is 0.497 e. The van der Waals surface area contributed by atoms with E-state index in [0.29, 0.717) is 33.6 Å². The van der Waals surface area contributed by atoms with Crippen molar-refractivity contribution in [1.82, 2.24) is 4.90 Å². The van der Waals surface area contributed by atoms with Crippen molar-refractivity contribution in [2.24, 2.45) is 11.8 Å². The zero-order chi connectivity index (χ0) is 27.7. The molecule has 2 amide bonds. The van der Waals surface area contributed by atoms with Gasteiger partial charge in [0.25, 0.3) is 0 Å². The van der Waals surface area contributed by atoms with Crippen LogP contribution in [0.2, 0.25) is 0 Å². The second-order valence-corrected chi connectivity index (χ2v) is 11.1. The van der Waals surface area contributed by atoms with Gasteiger partial charge < -0.3 is 9.47 Å². The van der Waals surface area contributed by atoms with E-state index in [1.54, 1.807) is 24.3 Å². The lowest BCUT2D eigenvalue weighted by molar-refractivity contribution is -0.157. The molecule has 0 radical (unpaired) electrons. The number of benzene rings is 3. The molecule has 3 aromatic carbocycles. The second kappa shape index (κ2) is 8.93. The Labute approximate surface area is 234 Å². The predicted molar refractivity (Wildman–Crippen MR) is 143 cm³/mol. The molecular formula is C30H23Cl2NO6. The minimum Gasteiger partial charge on any atom is -0.497 e. The first-order chi connectivity index (χ1) is 18.6. The van der Waals surface area contributed by atoms with Crippen molar-refractivity contribution in [2.45, 2.75) is 22.7 Å². The number of amides is 2. The number of imide groups is 1. The maximum Gasteiger partial charge on any atom is 0.329 e. The van der Waals surface area contributed by atoms with Crippen LogP contribution < -0.4 is 4.74 Å². The summed E-state index contributed by atoms with van der Waals surface area (Å²) in [6, 6.07) is 19.7. The number of hydrogen-bond acceptors (Lipinski definition) is 6. The minimum absolute atomic E-state index is 0.330. The number of carbonyl (C=O) groups is 4. The van der Waals surface area contributed by atoms with E-state index in [-0.39, 0.29) is 0 Å². The molecule has 0 saturated carbocycles. The summed E-state index contributed by atoms with van der Waals surface area (Å²) in [5.41, 5.74) is 3.01. The summed E-state index contributed by atoms with van der Waals surface area (Å²) in [5, 5.41) is 0. The first kappa shape index (κ1) is 25.6. The maximum atomic E-state index is 13.9. The van der Waals surface area contributed by atoms with Crippen LogP contribution in [0.5, 0.6) is 5.75 Å². The Morgan fingerprint density at radius 3 is 1.67 bits per heavy atom. The fourth-order valence-electron chi connectivity index (χ4n) is 6.29. The molecule has 0 N–H and O–H groups in total. The molecule has 3 aromatic rings. The number of hydrogen-bond donors (Lipinski definition) is 0. The van der Waals surface area contributed by atoms with Crippen LogP contribution in [0.4, 0.5) is 0 Å². The molecule has 0 aromatic heterocycles. The Morgan fingerprint density at radius 2 is 1.26 bits per heavy atom. The van der Waals surface area contributed by atoms with E-state index in [9.17, 15) is 19.2 Å². The Bertz CT molecular complexity index is 1430. The molecule has 3 atom stereocenters. The van der Waals surface area contributed by atoms with Crippen LogP contribution in [-0.4, -0.2) is 48.2 Å². The van der Waals surface area contributed by atoms with Gasteiger partial charge in [-0.3, -0.25) is 19.3 Å². The predicted octanol–water partition coefficient (Wildman–Crippen LogP) is 4.40. The van der Waals surface area contributed by atoms with Gasteiger partial charge in [0, 0.05) is 5.56 Å². The molecule has 7 nitrogen and oxygen atoms in total. The summed E-state index contributed by atoms with van der Waals surface area (Å²) in [6.07, 6.45) is 0. The van der Waals surface area contributed by atoms with Crippen LogP contribution in [0.1, 0.15) is 39.5 Å². The highest BCUT2D eigenvalue weighted by molar-refractivity contribution is 6.36. The van der Waals surface area contributed by atoms with Gasteiger partial charge in [0.2, 0.25) is 11.8 Å². The van der Waals surface area contributed by atoms with Gasteiger partial charge in [-0.15, -0.1) is 23.2 Å². The standard InChI is InChI=1S/C30H23Cl2NO6/c1-16(28(37)39-15-23(34)17-11-13-18(38-2)14-12-17)33-26(35)24-25(27(33)36)30(32)20-8-4-3-7-19(20)29(24,31)21-9-5-6-10-22(21)30/h3-14,16,24-25H,15H2,1-2H3/t16-,24+,25+,29?,30?/m0/s1. The van der Waals surface area contributed by atoms with Crippen molar-refractivity contribution < 1.29 is 28.7 Å². The van der Waals surface area contributed by atoms with Crippen LogP contribution in [-0.2, 0) is 28.9 Å². The monoisotopic (exact) mass is 563 g/mol. The Morgan fingerprint density at radius 1 is 0.821 bits per heavy atom. The number of halogens is 2. The van der Waals surface area contributed by atoms with E-state index in [1.165, 1.54) is 14.0 Å². The number of alkyl halides is 2. The van der Waals surface area contributed by atoms with Crippen LogP contribution >= 0.6 is 23.2 Å². The first-order valence-electron chi connectivity index (χ1n) is 12.4. The fourth-order valence-corrected chi connectivity index (χ4v) is 7.39. The summed E-state index contributed by atoms with van der Waals surface area (Å²) in [5.74, 6) is -3.98. The normalized spacial score (nSPS) is 26.9.